The molecule has 0 aliphatic heterocycles. The molecule has 0 aliphatic carbocycles. The van der Waals surface area contributed by atoms with Crippen molar-refractivity contribution in [3.8, 4) is 17.5 Å². The highest BCUT2D eigenvalue weighted by Crippen LogP contribution is 2.26. The number of methoxy groups -OCH3 is 1. The molecule has 3 aromatic rings. The summed E-state index contributed by atoms with van der Waals surface area (Å²) in [7, 11) is 1.57. The number of carbonyl (C=O) groups excluding carboxylic acids is 1. The molecule has 2 aromatic heterocycles. The number of benzene rings is 1. The minimum absolute atomic E-state index is 0.188. The molecule has 0 aliphatic rings. The molecule has 0 saturated heterocycles. The molecule has 3 rings (SSSR count). The number of hydrogen-bond acceptors (Lipinski definition) is 8. The number of carbonyl (C=O) groups is 2. The van der Waals surface area contributed by atoms with Crippen molar-refractivity contribution < 1.29 is 28.9 Å². The Hall–Kier alpha value is -3.50. The van der Waals surface area contributed by atoms with Crippen molar-refractivity contribution in [2.45, 2.75) is 26.4 Å². The number of carboxylic acids is 1. The first kappa shape index (κ1) is 23.2. The van der Waals surface area contributed by atoms with Gasteiger partial charge in [0.1, 0.15) is 11.9 Å². The summed E-state index contributed by atoms with van der Waals surface area (Å²) in [6.45, 7) is 4.11. The Morgan fingerprint density at radius 2 is 1.97 bits per heavy atom. The van der Waals surface area contributed by atoms with E-state index in [-0.39, 0.29) is 29.8 Å². The predicted octanol–water partition coefficient (Wildman–Crippen LogP) is 3.93. The molecule has 9 nitrogen and oxygen atoms in total. The molecule has 0 spiro atoms. The highest BCUT2D eigenvalue weighted by atomic mass is 32.1. The number of nitrogens with one attached hydrogen (secondary N) is 1. The maximum atomic E-state index is 12.8. The fourth-order valence-corrected chi connectivity index (χ4v) is 3.47. The summed E-state index contributed by atoms with van der Waals surface area (Å²) >= 11 is 1.14. The normalized spacial score (nSPS) is 11.6. The van der Waals surface area contributed by atoms with Crippen LogP contribution in [0, 0.1) is 6.92 Å². The number of carboxylic acid groups (broad SMARTS) is 1. The van der Waals surface area contributed by atoms with Crippen molar-refractivity contribution in [3.63, 3.8) is 0 Å². The number of amides is 1. The van der Waals surface area contributed by atoms with E-state index in [2.05, 4.69) is 15.3 Å². The van der Waals surface area contributed by atoms with Crippen LogP contribution in [0.15, 0.2) is 41.8 Å². The summed E-state index contributed by atoms with van der Waals surface area (Å²) < 4.78 is 16.7. The number of hydrogen-bond donors (Lipinski definition) is 2. The highest BCUT2D eigenvalue weighted by molar-refractivity contribution is 7.14. The smallest absolute Gasteiger partial charge is 0.309 e. The minimum atomic E-state index is -0.993. The number of thiazole rings is 1. The standard InChI is InChI=1S/C22H23N3O6S/c1-13-5-4-6-17(7-13)31-19-9-15(8-18(24-19)30-14(2)11-29-3)21(28)25-22-23-16(12-32-22)10-20(26)27/h4-9,12,14H,10-11H2,1-3H3,(H,26,27)(H,23,25,28)/t14-/m1/s1. The van der Waals surface area contributed by atoms with Gasteiger partial charge in [0, 0.05) is 24.6 Å². The van der Waals surface area contributed by atoms with Gasteiger partial charge in [-0.05, 0) is 31.5 Å². The van der Waals surface area contributed by atoms with E-state index in [0.29, 0.717) is 23.2 Å². The van der Waals surface area contributed by atoms with E-state index < -0.39 is 11.9 Å². The first-order chi connectivity index (χ1) is 15.3. The zero-order chi connectivity index (χ0) is 23.1. The molecule has 32 heavy (non-hydrogen) atoms. The number of pyridine rings is 1. The zero-order valence-electron chi connectivity index (χ0n) is 17.8. The summed E-state index contributed by atoms with van der Waals surface area (Å²) in [4.78, 5) is 32.2. The fourth-order valence-electron chi connectivity index (χ4n) is 2.77. The summed E-state index contributed by atoms with van der Waals surface area (Å²) in [5.41, 5.74) is 1.63. The van der Waals surface area contributed by atoms with Crippen LogP contribution in [0.5, 0.6) is 17.5 Å². The van der Waals surface area contributed by atoms with Gasteiger partial charge in [-0.25, -0.2) is 4.98 Å². The zero-order valence-corrected chi connectivity index (χ0v) is 18.6. The van der Waals surface area contributed by atoms with Crippen LogP contribution in [0.1, 0.15) is 28.5 Å². The topological polar surface area (TPSA) is 120 Å². The van der Waals surface area contributed by atoms with Gasteiger partial charge in [-0.15, -0.1) is 11.3 Å². The van der Waals surface area contributed by atoms with E-state index in [4.69, 9.17) is 19.3 Å². The van der Waals surface area contributed by atoms with E-state index in [1.165, 1.54) is 12.1 Å². The SMILES string of the molecule is COC[C@@H](C)Oc1cc(C(=O)Nc2nc(CC(=O)O)cs2)cc(Oc2cccc(C)c2)n1. The van der Waals surface area contributed by atoms with Gasteiger partial charge in [0.15, 0.2) is 5.13 Å². The van der Waals surface area contributed by atoms with Gasteiger partial charge in [0.05, 0.1) is 24.3 Å². The van der Waals surface area contributed by atoms with Gasteiger partial charge in [-0.1, -0.05) is 12.1 Å². The number of nitrogens with zero attached hydrogens (tertiary/aromatic N) is 2. The average molecular weight is 458 g/mol. The molecule has 0 unspecified atom stereocenters. The molecule has 1 amide bonds. The second kappa shape index (κ2) is 10.7. The van der Waals surface area contributed by atoms with Crippen LogP contribution in [0.4, 0.5) is 5.13 Å². The van der Waals surface area contributed by atoms with Crippen molar-refractivity contribution >= 4 is 28.3 Å². The molecular weight excluding hydrogens is 434 g/mol. The maximum Gasteiger partial charge on any atom is 0.309 e. The van der Waals surface area contributed by atoms with Gasteiger partial charge in [0.2, 0.25) is 11.8 Å². The number of ether oxygens (including phenoxy) is 3. The van der Waals surface area contributed by atoms with Crippen LogP contribution in [0.25, 0.3) is 0 Å². The third-order valence-corrected chi connectivity index (χ3v) is 4.89. The molecule has 0 fully saturated rings. The quantitative estimate of drug-likeness (QED) is 0.470. The molecule has 2 N–H and O–H groups in total. The second-order valence-corrected chi connectivity index (χ2v) is 7.86. The Balaban J connectivity index is 1.84. The van der Waals surface area contributed by atoms with Gasteiger partial charge >= 0.3 is 5.97 Å². The van der Waals surface area contributed by atoms with E-state index in [9.17, 15) is 9.59 Å². The lowest BCUT2D eigenvalue weighted by molar-refractivity contribution is -0.136. The van der Waals surface area contributed by atoms with E-state index in [0.717, 1.165) is 16.9 Å². The monoisotopic (exact) mass is 457 g/mol. The predicted molar refractivity (Wildman–Crippen MR) is 119 cm³/mol. The maximum absolute atomic E-state index is 12.8. The van der Waals surface area contributed by atoms with E-state index >= 15 is 0 Å². The Bertz CT molecular complexity index is 1100. The summed E-state index contributed by atoms with van der Waals surface area (Å²) in [6, 6.07) is 10.4. The molecule has 10 heteroatoms. The summed E-state index contributed by atoms with van der Waals surface area (Å²) in [5, 5.41) is 13.4. The Labute approximate surface area is 189 Å². The fraction of sp³-hybridized carbons (Fsp3) is 0.273. The number of aryl methyl sites for hydroxylation is 1. The molecule has 1 atom stereocenters. The first-order valence-electron chi connectivity index (χ1n) is 9.72. The molecule has 168 valence electrons. The van der Waals surface area contributed by atoms with Gasteiger partial charge in [-0.3, -0.25) is 14.9 Å². The molecule has 0 bridgehead atoms. The first-order valence-corrected chi connectivity index (χ1v) is 10.6. The Morgan fingerprint density at radius 1 is 1.19 bits per heavy atom. The van der Waals surface area contributed by atoms with Crippen molar-refractivity contribution in [1.29, 1.82) is 0 Å². The molecular formula is C22H23N3O6S. The Kier molecular flexibility index (Phi) is 7.74. The van der Waals surface area contributed by atoms with Crippen molar-refractivity contribution in [1.82, 2.24) is 9.97 Å². The largest absolute Gasteiger partial charge is 0.481 e. The molecule has 0 radical (unpaired) electrons. The second-order valence-electron chi connectivity index (χ2n) is 7.00. The lowest BCUT2D eigenvalue weighted by atomic mass is 10.2. The van der Waals surface area contributed by atoms with Gasteiger partial charge < -0.3 is 19.3 Å². The van der Waals surface area contributed by atoms with Crippen LogP contribution in [-0.4, -0.2) is 46.8 Å². The summed E-state index contributed by atoms with van der Waals surface area (Å²) in [5.74, 6) is -0.484. The number of anilines is 1. The minimum Gasteiger partial charge on any atom is -0.481 e. The lowest BCUT2D eigenvalue weighted by Crippen LogP contribution is -2.19. The third-order valence-electron chi connectivity index (χ3n) is 4.08. The van der Waals surface area contributed by atoms with Crippen LogP contribution in [-0.2, 0) is 16.0 Å². The van der Waals surface area contributed by atoms with Crippen LogP contribution in [0.3, 0.4) is 0 Å². The van der Waals surface area contributed by atoms with Crippen LogP contribution < -0.4 is 14.8 Å². The van der Waals surface area contributed by atoms with Crippen molar-refractivity contribution in [2.75, 3.05) is 19.0 Å². The Morgan fingerprint density at radius 3 is 2.69 bits per heavy atom. The van der Waals surface area contributed by atoms with Gasteiger partial charge in [0.25, 0.3) is 5.91 Å². The number of aliphatic carboxylic acids is 1. The van der Waals surface area contributed by atoms with Gasteiger partial charge in [-0.2, -0.15) is 4.98 Å². The lowest BCUT2D eigenvalue weighted by Gasteiger charge is -2.15. The third kappa shape index (κ3) is 6.76. The van der Waals surface area contributed by atoms with Crippen LogP contribution >= 0.6 is 11.3 Å². The molecule has 2 heterocycles. The average Bonchev–Trinajstić information content (AvgIpc) is 3.14. The van der Waals surface area contributed by atoms with Crippen LogP contribution in [0.2, 0.25) is 0 Å². The summed E-state index contributed by atoms with van der Waals surface area (Å²) in [6.07, 6.45) is -0.513. The highest BCUT2D eigenvalue weighted by Gasteiger charge is 2.16. The van der Waals surface area contributed by atoms with E-state index in [1.807, 2.05) is 32.0 Å². The number of rotatable bonds is 10. The molecule has 1 aromatic carbocycles. The van der Waals surface area contributed by atoms with Crippen molar-refractivity contribution in [2.24, 2.45) is 0 Å². The van der Waals surface area contributed by atoms with Crippen molar-refractivity contribution in [3.05, 3.63) is 58.6 Å². The molecule has 0 saturated carbocycles. The number of aromatic nitrogens is 2. The van der Waals surface area contributed by atoms with E-state index in [1.54, 1.807) is 18.6 Å².